The SMILES string of the molecule is Cc1ccc(C2CNCC(CC3CCCC3)O2)cc1F. The first kappa shape index (κ1) is 14.0. The molecule has 3 rings (SSSR count). The van der Waals surface area contributed by atoms with Crippen molar-refractivity contribution in [2.24, 2.45) is 5.92 Å². The third-order valence-electron chi connectivity index (χ3n) is 4.70. The van der Waals surface area contributed by atoms with Gasteiger partial charge in [0.1, 0.15) is 5.82 Å². The second-order valence-corrected chi connectivity index (χ2v) is 6.30. The molecule has 0 bridgehead atoms. The van der Waals surface area contributed by atoms with Crippen molar-refractivity contribution in [3.05, 3.63) is 35.1 Å². The molecule has 0 aromatic heterocycles. The van der Waals surface area contributed by atoms with Gasteiger partial charge in [-0.25, -0.2) is 4.39 Å². The Bertz CT molecular complexity index is 456. The van der Waals surface area contributed by atoms with Gasteiger partial charge < -0.3 is 10.1 Å². The highest BCUT2D eigenvalue weighted by Crippen LogP contribution is 2.32. The molecule has 1 saturated heterocycles. The number of nitrogens with one attached hydrogen (secondary N) is 1. The van der Waals surface area contributed by atoms with Crippen molar-refractivity contribution in [1.82, 2.24) is 5.32 Å². The van der Waals surface area contributed by atoms with E-state index in [0.29, 0.717) is 5.56 Å². The number of hydrogen-bond acceptors (Lipinski definition) is 2. The van der Waals surface area contributed by atoms with Crippen molar-refractivity contribution in [2.45, 2.75) is 51.2 Å². The van der Waals surface area contributed by atoms with Crippen molar-refractivity contribution in [3.63, 3.8) is 0 Å². The van der Waals surface area contributed by atoms with Crippen molar-refractivity contribution >= 4 is 0 Å². The Kier molecular flexibility index (Phi) is 4.37. The standard InChI is InChI=1S/C17H24FNO/c1-12-6-7-14(9-16(12)18)17-11-19-10-15(20-17)8-13-4-2-3-5-13/h6-7,9,13,15,17,19H,2-5,8,10-11H2,1H3. The van der Waals surface area contributed by atoms with Gasteiger partial charge in [0.25, 0.3) is 0 Å². The molecule has 2 atom stereocenters. The van der Waals surface area contributed by atoms with Crippen LogP contribution in [-0.4, -0.2) is 19.2 Å². The quantitative estimate of drug-likeness (QED) is 0.908. The predicted octanol–water partition coefficient (Wildman–Crippen LogP) is 3.74. The Labute approximate surface area is 120 Å². The largest absolute Gasteiger partial charge is 0.368 e. The molecular weight excluding hydrogens is 253 g/mol. The summed E-state index contributed by atoms with van der Waals surface area (Å²) >= 11 is 0. The highest BCUT2D eigenvalue weighted by atomic mass is 19.1. The number of ether oxygens (including phenoxy) is 1. The minimum Gasteiger partial charge on any atom is -0.368 e. The lowest BCUT2D eigenvalue weighted by molar-refractivity contribution is -0.0490. The zero-order chi connectivity index (χ0) is 13.9. The van der Waals surface area contributed by atoms with Crippen LogP contribution in [0.1, 0.15) is 49.3 Å². The number of halogens is 1. The number of benzene rings is 1. The minimum atomic E-state index is -0.135. The van der Waals surface area contributed by atoms with E-state index in [9.17, 15) is 4.39 Å². The van der Waals surface area contributed by atoms with Crippen molar-refractivity contribution in [2.75, 3.05) is 13.1 Å². The van der Waals surface area contributed by atoms with Gasteiger partial charge in [-0.2, -0.15) is 0 Å². The Morgan fingerprint density at radius 2 is 2.05 bits per heavy atom. The molecule has 1 aliphatic heterocycles. The van der Waals surface area contributed by atoms with Gasteiger partial charge in [-0.3, -0.25) is 0 Å². The molecule has 0 amide bonds. The molecule has 1 aromatic rings. The molecule has 0 spiro atoms. The highest BCUT2D eigenvalue weighted by Gasteiger charge is 2.27. The first-order valence-corrected chi connectivity index (χ1v) is 7.84. The second-order valence-electron chi connectivity index (χ2n) is 6.30. The number of rotatable bonds is 3. The average molecular weight is 277 g/mol. The summed E-state index contributed by atoms with van der Waals surface area (Å²) < 4.78 is 19.9. The molecule has 2 fully saturated rings. The van der Waals surface area contributed by atoms with Crippen LogP contribution < -0.4 is 5.32 Å². The first-order chi connectivity index (χ1) is 9.72. The Morgan fingerprint density at radius 3 is 2.80 bits per heavy atom. The third-order valence-corrected chi connectivity index (χ3v) is 4.70. The smallest absolute Gasteiger partial charge is 0.126 e. The molecular formula is C17H24FNO. The zero-order valence-electron chi connectivity index (χ0n) is 12.2. The van der Waals surface area contributed by atoms with Crippen LogP contribution in [0.5, 0.6) is 0 Å². The lowest BCUT2D eigenvalue weighted by atomic mass is 9.98. The first-order valence-electron chi connectivity index (χ1n) is 7.84. The van der Waals surface area contributed by atoms with E-state index < -0.39 is 0 Å². The second kappa shape index (κ2) is 6.23. The molecule has 3 heteroatoms. The van der Waals surface area contributed by atoms with Crippen LogP contribution in [-0.2, 0) is 4.74 Å². The summed E-state index contributed by atoms with van der Waals surface area (Å²) in [6.45, 7) is 3.51. The molecule has 1 N–H and O–H groups in total. The lowest BCUT2D eigenvalue weighted by Gasteiger charge is -2.32. The molecule has 20 heavy (non-hydrogen) atoms. The highest BCUT2D eigenvalue weighted by molar-refractivity contribution is 5.25. The molecule has 0 radical (unpaired) electrons. The summed E-state index contributed by atoms with van der Waals surface area (Å²) in [5.41, 5.74) is 1.65. The van der Waals surface area contributed by atoms with Gasteiger partial charge in [-0.1, -0.05) is 37.8 Å². The van der Waals surface area contributed by atoms with E-state index in [-0.39, 0.29) is 18.0 Å². The number of hydrogen-bond donors (Lipinski definition) is 1. The normalized spacial score (nSPS) is 27.9. The van der Waals surface area contributed by atoms with Gasteiger partial charge in [-0.05, 0) is 36.5 Å². The summed E-state index contributed by atoms with van der Waals surface area (Å²) in [5.74, 6) is 0.694. The zero-order valence-corrected chi connectivity index (χ0v) is 12.2. The fourth-order valence-electron chi connectivity index (χ4n) is 3.47. The van der Waals surface area contributed by atoms with Crippen molar-refractivity contribution < 1.29 is 9.13 Å². The topological polar surface area (TPSA) is 21.3 Å². The van der Waals surface area contributed by atoms with Gasteiger partial charge in [0.05, 0.1) is 12.2 Å². The van der Waals surface area contributed by atoms with Crippen molar-refractivity contribution in [1.29, 1.82) is 0 Å². The summed E-state index contributed by atoms with van der Waals surface area (Å²) in [6.07, 6.45) is 6.87. The van der Waals surface area contributed by atoms with Crippen LogP contribution >= 0.6 is 0 Å². The molecule has 1 aliphatic carbocycles. The minimum absolute atomic E-state index is 0.00902. The van der Waals surface area contributed by atoms with E-state index in [1.807, 2.05) is 12.1 Å². The van der Waals surface area contributed by atoms with Crippen LogP contribution in [0.15, 0.2) is 18.2 Å². The summed E-state index contributed by atoms with van der Waals surface area (Å²) in [7, 11) is 0. The predicted molar refractivity (Wildman–Crippen MR) is 78.2 cm³/mol. The van der Waals surface area contributed by atoms with E-state index in [0.717, 1.165) is 31.0 Å². The molecule has 1 heterocycles. The van der Waals surface area contributed by atoms with Crippen LogP contribution in [0.3, 0.4) is 0 Å². The van der Waals surface area contributed by atoms with Crippen LogP contribution in [0, 0.1) is 18.7 Å². The summed E-state index contributed by atoms with van der Waals surface area (Å²) in [6, 6.07) is 5.46. The fourth-order valence-corrected chi connectivity index (χ4v) is 3.47. The van der Waals surface area contributed by atoms with Gasteiger partial charge in [0, 0.05) is 13.1 Å². The van der Waals surface area contributed by atoms with Crippen LogP contribution in [0.2, 0.25) is 0 Å². The molecule has 1 saturated carbocycles. The monoisotopic (exact) mass is 277 g/mol. The fraction of sp³-hybridized carbons (Fsp3) is 0.647. The van der Waals surface area contributed by atoms with E-state index in [1.54, 1.807) is 13.0 Å². The van der Waals surface area contributed by atoms with Gasteiger partial charge in [0.2, 0.25) is 0 Å². The van der Waals surface area contributed by atoms with Gasteiger partial charge in [-0.15, -0.1) is 0 Å². The van der Waals surface area contributed by atoms with E-state index in [1.165, 1.54) is 25.7 Å². The molecule has 1 aromatic carbocycles. The summed E-state index contributed by atoms with van der Waals surface area (Å²) in [5, 5.41) is 3.44. The maximum Gasteiger partial charge on any atom is 0.126 e. The van der Waals surface area contributed by atoms with Gasteiger partial charge in [0.15, 0.2) is 0 Å². The summed E-state index contributed by atoms with van der Waals surface area (Å²) in [4.78, 5) is 0. The van der Waals surface area contributed by atoms with E-state index in [2.05, 4.69) is 5.32 Å². The maximum atomic E-state index is 13.7. The lowest BCUT2D eigenvalue weighted by Crippen LogP contribution is -2.41. The Balaban J connectivity index is 1.63. The van der Waals surface area contributed by atoms with Crippen LogP contribution in [0.4, 0.5) is 4.39 Å². The molecule has 2 nitrogen and oxygen atoms in total. The van der Waals surface area contributed by atoms with Gasteiger partial charge >= 0.3 is 0 Å². The molecule has 2 aliphatic rings. The van der Waals surface area contributed by atoms with Crippen LogP contribution in [0.25, 0.3) is 0 Å². The average Bonchev–Trinajstić information content (AvgIpc) is 2.95. The Hall–Kier alpha value is -0.930. The van der Waals surface area contributed by atoms with Crippen molar-refractivity contribution in [3.8, 4) is 0 Å². The van der Waals surface area contributed by atoms with E-state index >= 15 is 0 Å². The maximum absolute atomic E-state index is 13.7. The Morgan fingerprint density at radius 1 is 1.25 bits per heavy atom. The number of aryl methyl sites for hydroxylation is 1. The number of morpholine rings is 1. The van der Waals surface area contributed by atoms with E-state index in [4.69, 9.17) is 4.74 Å². The third kappa shape index (κ3) is 3.21. The molecule has 2 unspecified atom stereocenters. The molecule has 110 valence electrons.